The van der Waals surface area contributed by atoms with Gasteiger partial charge in [0, 0.05) is 63.8 Å². The molecule has 0 bridgehead atoms. The molecule has 0 unspecified atom stereocenters. The van der Waals surface area contributed by atoms with Crippen LogP contribution in [0.5, 0.6) is 0 Å². The summed E-state index contributed by atoms with van der Waals surface area (Å²) in [5.74, 6) is 0.398. The fourth-order valence-corrected chi connectivity index (χ4v) is 2.08. The molecule has 1 saturated carbocycles. The van der Waals surface area contributed by atoms with Crippen LogP contribution in [-0.4, -0.2) is 38.9 Å². The van der Waals surface area contributed by atoms with Crippen molar-refractivity contribution in [3.63, 3.8) is 0 Å². The van der Waals surface area contributed by atoms with Gasteiger partial charge in [0.05, 0.1) is 6.10 Å². The van der Waals surface area contributed by atoms with E-state index in [0.29, 0.717) is 18.7 Å². The number of nitrogens with one attached hydrogen (secondary N) is 1. The number of aromatic nitrogens is 2. The molecule has 2 rings (SSSR count). The molecule has 0 saturated heterocycles. The van der Waals surface area contributed by atoms with Crippen molar-refractivity contribution in [2.75, 3.05) is 11.9 Å². The van der Waals surface area contributed by atoms with E-state index in [4.69, 9.17) is 16.7 Å². The molecule has 1 fully saturated rings. The van der Waals surface area contributed by atoms with E-state index < -0.39 is 6.10 Å². The molecule has 0 spiro atoms. The molecule has 0 aromatic carbocycles. The van der Waals surface area contributed by atoms with Crippen LogP contribution in [-0.2, 0) is 39.0 Å². The molecular formula is C10H12ClN3O2Rh2-2. The Labute approximate surface area is 136 Å². The normalized spacial score (nSPS) is 26.1. The number of nitrogens with zero attached hydrogens (tertiary/aromatic N) is 2. The van der Waals surface area contributed by atoms with Crippen LogP contribution >= 0.6 is 11.6 Å². The first-order valence-electron chi connectivity index (χ1n) is 5.07. The molecule has 1 aromatic rings. The van der Waals surface area contributed by atoms with Crippen molar-refractivity contribution in [1.29, 1.82) is 0 Å². The molecule has 0 aliphatic heterocycles. The second kappa shape index (κ2) is 8.50. The summed E-state index contributed by atoms with van der Waals surface area (Å²) in [5, 5.41) is 21.9. The fourth-order valence-electron chi connectivity index (χ4n) is 1.95. The van der Waals surface area contributed by atoms with E-state index in [1.54, 1.807) is 0 Å². The third-order valence-corrected chi connectivity index (χ3v) is 2.94. The zero-order chi connectivity index (χ0) is 11.5. The van der Waals surface area contributed by atoms with Gasteiger partial charge in [-0.25, -0.2) is 0 Å². The number of rotatable bonds is 3. The summed E-state index contributed by atoms with van der Waals surface area (Å²) >= 11 is 5.65. The first kappa shape index (κ1) is 18.3. The van der Waals surface area contributed by atoms with E-state index in [1.807, 2.05) is 0 Å². The third kappa shape index (κ3) is 4.79. The Balaban J connectivity index is 0.00000144. The number of hydrogen-bond acceptors (Lipinski definition) is 5. The van der Waals surface area contributed by atoms with E-state index in [1.165, 1.54) is 0 Å². The van der Waals surface area contributed by atoms with Crippen molar-refractivity contribution in [2.24, 2.45) is 5.92 Å². The predicted molar refractivity (Wildman–Crippen MR) is 57.9 cm³/mol. The molecule has 8 heteroatoms. The average molecular weight is 447 g/mol. The Morgan fingerprint density at radius 2 is 2.06 bits per heavy atom. The SMILES string of the molecule is OC[C@@H]1C[C@@H](Nc2[c-]c(Cl)n[c-]n2)C[C@@H]1O.[Rh].[Rh]. The van der Waals surface area contributed by atoms with Gasteiger partial charge in [0.2, 0.25) is 0 Å². The molecule has 0 amide bonds. The van der Waals surface area contributed by atoms with Crippen LogP contribution in [0, 0.1) is 18.3 Å². The monoisotopic (exact) mass is 447 g/mol. The minimum atomic E-state index is -0.469. The quantitative estimate of drug-likeness (QED) is 0.352. The second-order valence-corrected chi connectivity index (χ2v) is 4.27. The summed E-state index contributed by atoms with van der Waals surface area (Å²) in [6, 6.07) is 2.81. The van der Waals surface area contributed by atoms with Crippen molar-refractivity contribution in [1.82, 2.24) is 9.97 Å². The van der Waals surface area contributed by atoms with Gasteiger partial charge >= 0.3 is 0 Å². The van der Waals surface area contributed by atoms with Gasteiger partial charge in [-0.2, -0.15) is 22.6 Å². The van der Waals surface area contributed by atoms with Gasteiger partial charge in [0.1, 0.15) is 0 Å². The van der Waals surface area contributed by atoms with Gasteiger partial charge in [-0.05, 0) is 12.8 Å². The van der Waals surface area contributed by atoms with Crippen molar-refractivity contribution >= 4 is 17.4 Å². The molecule has 1 aliphatic carbocycles. The third-order valence-electron chi connectivity index (χ3n) is 2.76. The van der Waals surface area contributed by atoms with Crippen LogP contribution in [0.2, 0.25) is 5.15 Å². The molecule has 3 N–H and O–H groups in total. The second-order valence-electron chi connectivity index (χ2n) is 3.91. The standard InChI is InChI=1S/C10H12ClN3O2.2Rh/c11-9-3-10(13-5-12-9)14-7-1-6(4-15)8(16)2-7;;/h6-8,15-16H,1-2,4H2,(H,12,13,14);;/q-2;;/t6-,7+,8-;;/m0../s1. The van der Waals surface area contributed by atoms with Crippen LogP contribution in [0.1, 0.15) is 12.8 Å². The van der Waals surface area contributed by atoms with Crippen LogP contribution in [0.15, 0.2) is 0 Å². The van der Waals surface area contributed by atoms with Crippen molar-refractivity contribution < 1.29 is 49.2 Å². The van der Waals surface area contributed by atoms with Crippen LogP contribution in [0.25, 0.3) is 0 Å². The summed E-state index contributed by atoms with van der Waals surface area (Å²) in [5.41, 5.74) is 0. The van der Waals surface area contributed by atoms with Crippen LogP contribution in [0.3, 0.4) is 0 Å². The number of halogens is 1. The average Bonchev–Trinajstić information content (AvgIpc) is 2.58. The number of aliphatic hydroxyl groups is 2. The zero-order valence-corrected chi connectivity index (χ0v) is 13.2. The molecule has 5 nitrogen and oxygen atoms in total. The van der Waals surface area contributed by atoms with Gasteiger partial charge in [-0.3, -0.25) is 0 Å². The summed E-state index contributed by atoms with van der Waals surface area (Å²) in [6.45, 7) is -0.000282. The van der Waals surface area contributed by atoms with E-state index in [0.717, 1.165) is 0 Å². The number of hydrogen-bond donors (Lipinski definition) is 3. The van der Waals surface area contributed by atoms with Gasteiger partial charge in [0.15, 0.2) is 0 Å². The zero-order valence-electron chi connectivity index (χ0n) is 9.19. The largest absolute Gasteiger partial charge is 0.533 e. The molecule has 18 heavy (non-hydrogen) atoms. The van der Waals surface area contributed by atoms with Gasteiger partial charge in [-0.1, -0.05) is 0 Å². The molecule has 1 aromatic heterocycles. The maximum absolute atomic E-state index is 9.62. The van der Waals surface area contributed by atoms with E-state index in [-0.39, 0.29) is 62.7 Å². The number of aliphatic hydroxyl groups excluding tert-OH is 2. The minimum Gasteiger partial charge on any atom is -0.533 e. The van der Waals surface area contributed by atoms with E-state index in [9.17, 15) is 5.11 Å². The predicted octanol–water partition coefficient (Wildman–Crippen LogP) is 0.269. The van der Waals surface area contributed by atoms with Crippen LogP contribution < -0.4 is 5.32 Å². The maximum Gasteiger partial charge on any atom is 0.0610 e. The summed E-state index contributed by atoms with van der Waals surface area (Å²) < 4.78 is 0. The Morgan fingerprint density at radius 3 is 2.61 bits per heavy atom. The van der Waals surface area contributed by atoms with Gasteiger partial charge in [0.25, 0.3) is 0 Å². The Hall–Kier alpha value is 0.337. The number of anilines is 1. The summed E-state index contributed by atoms with van der Waals surface area (Å²) in [7, 11) is 0. The first-order valence-corrected chi connectivity index (χ1v) is 5.45. The Bertz CT molecular complexity index is 373. The molecule has 106 valence electrons. The summed E-state index contributed by atoms with van der Waals surface area (Å²) in [6.07, 6.45) is 3.22. The molecule has 1 heterocycles. The fraction of sp³-hybridized carbons (Fsp3) is 0.600. The molecular weight excluding hydrogens is 435 g/mol. The summed E-state index contributed by atoms with van der Waals surface area (Å²) in [4.78, 5) is 7.45. The molecule has 1 aliphatic rings. The maximum atomic E-state index is 9.62. The first-order chi connectivity index (χ1) is 7.69. The van der Waals surface area contributed by atoms with Crippen molar-refractivity contribution in [3.8, 4) is 0 Å². The minimum absolute atomic E-state index is 0. The van der Waals surface area contributed by atoms with E-state index in [2.05, 4.69) is 27.7 Å². The van der Waals surface area contributed by atoms with E-state index >= 15 is 0 Å². The smallest absolute Gasteiger partial charge is 0.0610 e. The Kier molecular flexibility index (Phi) is 8.66. The molecule has 3 atom stereocenters. The van der Waals surface area contributed by atoms with Gasteiger partial charge in [-0.15, -0.1) is 0 Å². The van der Waals surface area contributed by atoms with Gasteiger partial charge < -0.3 is 31.6 Å². The van der Waals surface area contributed by atoms with Crippen LogP contribution in [0.4, 0.5) is 5.82 Å². The Morgan fingerprint density at radius 1 is 1.33 bits per heavy atom. The van der Waals surface area contributed by atoms with Crippen molar-refractivity contribution in [2.45, 2.75) is 25.0 Å². The molecule has 2 radical (unpaired) electrons. The topological polar surface area (TPSA) is 78.3 Å². The van der Waals surface area contributed by atoms with Crippen molar-refractivity contribution in [3.05, 3.63) is 17.5 Å².